The largest absolute Gasteiger partial charge is 0.368 e. The van der Waals surface area contributed by atoms with Crippen LogP contribution in [0.1, 0.15) is 6.42 Å². The van der Waals surface area contributed by atoms with Gasteiger partial charge in [-0.1, -0.05) is 0 Å². The van der Waals surface area contributed by atoms with Gasteiger partial charge in [-0.25, -0.2) is 10.3 Å². The highest BCUT2D eigenvalue weighted by Crippen LogP contribution is 2.01. The van der Waals surface area contributed by atoms with E-state index in [1.165, 1.54) is 0 Å². The van der Waals surface area contributed by atoms with Crippen LogP contribution < -0.4 is 16.8 Å². The van der Waals surface area contributed by atoms with E-state index in [9.17, 15) is 0 Å². The lowest BCUT2D eigenvalue weighted by Gasteiger charge is -1.95. The highest BCUT2D eigenvalue weighted by Gasteiger charge is 2.05. The standard InChI is InChI=1S/C5H9N4.2ClH/c6-2-1-4-3-8-5(7)9-4;;/h3H,1-2,6H2,(H2,7,8);2*1H. The fourth-order valence-corrected chi connectivity index (χ4v) is 0.614. The van der Waals surface area contributed by atoms with E-state index in [-0.39, 0.29) is 24.8 Å². The van der Waals surface area contributed by atoms with Crippen molar-refractivity contribution >= 4 is 30.8 Å². The summed E-state index contributed by atoms with van der Waals surface area (Å²) < 4.78 is 0. The van der Waals surface area contributed by atoms with E-state index in [2.05, 4.69) is 10.3 Å². The zero-order valence-corrected chi connectivity index (χ0v) is 7.49. The molecule has 65 valence electrons. The lowest BCUT2D eigenvalue weighted by Crippen LogP contribution is -2.21. The van der Waals surface area contributed by atoms with E-state index in [1.807, 2.05) is 0 Å². The molecular formula is C5H11Cl2N4. The Morgan fingerprint density at radius 2 is 2.00 bits per heavy atom. The van der Waals surface area contributed by atoms with Gasteiger partial charge in [-0.15, -0.1) is 24.8 Å². The van der Waals surface area contributed by atoms with Crippen molar-refractivity contribution < 1.29 is 0 Å². The van der Waals surface area contributed by atoms with Gasteiger partial charge >= 0.3 is 0 Å². The molecule has 0 aromatic heterocycles. The van der Waals surface area contributed by atoms with Gasteiger partial charge in [0.05, 0.1) is 11.9 Å². The number of aliphatic imine (C=N–C) groups is 1. The zero-order valence-electron chi connectivity index (χ0n) is 5.86. The van der Waals surface area contributed by atoms with Crippen LogP contribution in [0.2, 0.25) is 0 Å². The van der Waals surface area contributed by atoms with Gasteiger partial charge in [-0.3, -0.25) is 0 Å². The summed E-state index contributed by atoms with van der Waals surface area (Å²) in [6.07, 6.45) is 2.40. The van der Waals surface area contributed by atoms with Crippen molar-refractivity contribution in [2.75, 3.05) is 6.54 Å². The van der Waals surface area contributed by atoms with Crippen LogP contribution in [0.5, 0.6) is 0 Å². The smallest absolute Gasteiger partial charge is 0.220 e. The van der Waals surface area contributed by atoms with E-state index in [4.69, 9.17) is 11.5 Å². The first-order valence-corrected chi connectivity index (χ1v) is 2.77. The zero-order chi connectivity index (χ0) is 6.69. The Labute approximate surface area is 77.9 Å². The average Bonchev–Trinajstić information content (AvgIpc) is 2.17. The minimum atomic E-state index is 0. The van der Waals surface area contributed by atoms with Crippen LogP contribution in [-0.4, -0.2) is 12.5 Å². The van der Waals surface area contributed by atoms with Crippen LogP contribution in [0.25, 0.3) is 0 Å². The lowest BCUT2D eigenvalue weighted by molar-refractivity contribution is 0.892. The fourth-order valence-electron chi connectivity index (χ4n) is 0.614. The van der Waals surface area contributed by atoms with Gasteiger partial charge in [0.15, 0.2) is 0 Å². The van der Waals surface area contributed by atoms with Crippen LogP contribution in [-0.2, 0) is 0 Å². The second kappa shape index (κ2) is 6.27. The van der Waals surface area contributed by atoms with E-state index in [1.54, 1.807) is 6.20 Å². The van der Waals surface area contributed by atoms with Gasteiger partial charge < -0.3 is 11.5 Å². The number of hydrogen-bond donors (Lipinski definition) is 2. The third-order valence-corrected chi connectivity index (χ3v) is 1.00. The maximum absolute atomic E-state index is 5.26. The Hall–Kier alpha value is -0.450. The van der Waals surface area contributed by atoms with Gasteiger partial charge in [0.1, 0.15) is 0 Å². The van der Waals surface area contributed by atoms with E-state index < -0.39 is 0 Å². The maximum atomic E-state index is 5.26. The third kappa shape index (κ3) is 4.08. The summed E-state index contributed by atoms with van der Waals surface area (Å²) >= 11 is 0. The van der Waals surface area contributed by atoms with E-state index >= 15 is 0 Å². The number of hydrogen-bond acceptors (Lipinski definition) is 3. The molecule has 0 amide bonds. The van der Waals surface area contributed by atoms with Crippen LogP contribution in [0.15, 0.2) is 16.9 Å². The normalized spacial score (nSPS) is 13.5. The second-order valence-electron chi connectivity index (χ2n) is 1.76. The van der Waals surface area contributed by atoms with Gasteiger partial charge in [-0.05, 0) is 6.54 Å². The molecule has 0 bridgehead atoms. The molecule has 6 heteroatoms. The molecule has 0 spiro atoms. The number of rotatable bonds is 2. The minimum absolute atomic E-state index is 0. The summed E-state index contributed by atoms with van der Waals surface area (Å²) in [5.41, 5.74) is 11.4. The molecule has 0 aromatic rings. The van der Waals surface area contributed by atoms with Crippen molar-refractivity contribution in [3.05, 3.63) is 11.9 Å². The molecule has 1 aliphatic heterocycles. The van der Waals surface area contributed by atoms with E-state index in [0.29, 0.717) is 12.5 Å². The molecule has 0 saturated carbocycles. The molecule has 0 fully saturated rings. The van der Waals surface area contributed by atoms with Crippen molar-refractivity contribution in [1.29, 1.82) is 0 Å². The molecule has 0 unspecified atom stereocenters. The first-order chi connectivity index (χ1) is 4.33. The van der Waals surface area contributed by atoms with Crippen molar-refractivity contribution in [3.63, 3.8) is 0 Å². The Kier molecular flexibility index (Phi) is 7.51. The van der Waals surface area contributed by atoms with Gasteiger partial charge in [0.25, 0.3) is 0 Å². The summed E-state index contributed by atoms with van der Waals surface area (Å²) in [6.45, 7) is 0.595. The number of guanidine groups is 1. The van der Waals surface area contributed by atoms with Crippen LogP contribution in [0, 0.1) is 0 Å². The van der Waals surface area contributed by atoms with Crippen molar-refractivity contribution in [3.8, 4) is 0 Å². The summed E-state index contributed by atoms with van der Waals surface area (Å²) in [7, 11) is 0. The van der Waals surface area contributed by atoms with Gasteiger partial charge in [0.2, 0.25) is 5.96 Å². The topological polar surface area (TPSA) is 78.5 Å². The molecule has 4 nitrogen and oxygen atoms in total. The van der Waals surface area contributed by atoms with Gasteiger partial charge in [-0.2, -0.15) is 0 Å². The molecule has 0 atom stereocenters. The maximum Gasteiger partial charge on any atom is 0.220 e. The highest BCUT2D eigenvalue weighted by molar-refractivity contribution is 5.85. The number of nitrogens with zero attached hydrogens (tertiary/aromatic N) is 2. The van der Waals surface area contributed by atoms with E-state index in [0.717, 1.165) is 12.1 Å². The Balaban J connectivity index is 0. The highest BCUT2D eigenvalue weighted by atomic mass is 35.5. The molecule has 1 heterocycles. The van der Waals surface area contributed by atoms with Gasteiger partial charge in [0, 0.05) is 6.42 Å². The lowest BCUT2D eigenvalue weighted by atomic mass is 10.3. The van der Waals surface area contributed by atoms with Crippen LogP contribution >= 0.6 is 24.8 Å². The molecule has 1 radical (unpaired) electrons. The van der Waals surface area contributed by atoms with Crippen molar-refractivity contribution in [1.82, 2.24) is 5.32 Å². The average molecular weight is 198 g/mol. The number of halogens is 2. The Morgan fingerprint density at radius 1 is 1.36 bits per heavy atom. The first-order valence-electron chi connectivity index (χ1n) is 2.77. The Bertz CT molecular complexity index is 166. The van der Waals surface area contributed by atoms with Crippen LogP contribution in [0.4, 0.5) is 0 Å². The summed E-state index contributed by atoms with van der Waals surface area (Å²) in [5, 5.41) is 3.89. The minimum Gasteiger partial charge on any atom is -0.368 e. The molecule has 0 saturated heterocycles. The van der Waals surface area contributed by atoms with Crippen LogP contribution in [0.3, 0.4) is 0 Å². The SMILES string of the molecule is Cl.Cl.NCCC1=CN=C(N)[N]1. The monoisotopic (exact) mass is 197 g/mol. The molecule has 1 aliphatic rings. The second-order valence-corrected chi connectivity index (χ2v) is 1.76. The van der Waals surface area contributed by atoms with Crippen molar-refractivity contribution in [2.45, 2.75) is 6.42 Å². The summed E-state index contributed by atoms with van der Waals surface area (Å²) in [5.74, 6) is 0.332. The molecule has 4 N–H and O–H groups in total. The predicted octanol–water partition coefficient (Wildman–Crippen LogP) is -0.0471. The third-order valence-electron chi connectivity index (χ3n) is 1.00. The summed E-state index contributed by atoms with van der Waals surface area (Å²) in [4.78, 5) is 3.75. The molecule has 0 aromatic carbocycles. The molecule has 0 aliphatic carbocycles. The quantitative estimate of drug-likeness (QED) is 0.652. The first kappa shape index (κ1) is 13.2. The van der Waals surface area contributed by atoms with Crippen molar-refractivity contribution in [2.24, 2.45) is 16.5 Å². The summed E-state index contributed by atoms with van der Waals surface area (Å²) in [6, 6.07) is 0. The Morgan fingerprint density at radius 3 is 2.36 bits per heavy atom. The fraction of sp³-hybridized carbons (Fsp3) is 0.400. The molecule has 1 rings (SSSR count). The predicted molar refractivity (Wildman–Crippen MR) is 50.0 cm³/mol. The number of nitrogens with two attached hydrogens (primary N) is 2. The molecule has 11 heavy (non-hydrogen) atoms. The molecular weight excluding hydrogens is 187 g/mol.